The maximum absolute atomic E-state index is 12.6. The van der Waals surface area contributed by atoms with Crippen molar-refractivity contribution < 1.29 is 13.9 Å². The van der Waals surface area contributed by atoms with E-state index >= 15 is 0 Å². The Bertz CT molecular complexity index is 152. The van der Waals surface area contributed by atoms with Crippen LogP contribution >= 0.6 is 0 Å². The van der Waals surface area contributed by atoms with Crippen molar-refractivity contribution in [1.29, 1.82) is 0 Å². The second kappa shape index (κ2) is 5.89. The van der Waals surface area contributed by atoms with Crippen LogP contribution < -0.4 is 0 Å². The summed E-state index contributed by atoms with van der Waals surface area (Å²) in [6.07, 6.45) is 2.65. The lowest BCUT2D eigenvalue weighted by molar-refractivity contribution is -0.140. The molecule has 0 radical (unpaired) electrons. The molecule has 0 saturated carbocycles. The number of hydrogen-bond acceptors (Lipinski definition) is 2. The van der Waals surface area contributed by atoms with E-state index in [0.717, 1.165) is 6.42 Å². The van der Waals surface area contributed by atoms with Gasteiger partial charge in [-0.3, -0.25) is 0 Å². The molecule has 64 valence electrons. The highest BCUT2D eigenvalue weighted by molar-refractivity contribution is 5.85. The molecule has 0 aromatic rings. The molecule has 0 aliphatic heterocycles. The van der Waals surface area contributed by atoms with Gasteiger partial charge in [-0.15, -0.1) is 0 Å². The van der Waals surface area contributed by atoms with Gasteiger partial charge in [0.05, 0.1) is 6.61 Å². The number of ether oxygens (including phenoxy) is 1. The largest absolute Gasteiger partial charge is 0.461 e. The van der Waals surface area contributed by atoms with Gasteiger partial charge < -0.3 is 4.74 Å². The van der Waals surface area contributed by atoms with Crippen LogP contribution in [0.15, 0.2) is 11.9 Å². The minimum atomic E-state index is -0.860. The minimum absolute atomic E-state index is 0.215. The van der Waals surface area contributed by atoms with Crippen LogP contribution in [-0.2, 0) is 9.53 Å². The van der Waals surface area contributed by atoms with Crippen LogP contribution in [0.3, 0.4) is 0 Å². The summed E-state index contributed by atoms with van der Waals surface area (Å²) in [5, 5.41) is 0. The Kier molecular flexibility index (Phi) is 5.43. The molecule has 0 N–H and O–H groups in total. The molecule has 0 aromatic carbocycles. The first-order valence-corrected chi connectivity index (χ1v) is 3.75. The molecule has 0 atom stereocenters. The van der Waals surface area contributed by atoms with Crippen molar-refractivity contribution in [2.75, 3.05) is 6.61 Å². The van der Waals surface area contributed by atoms with Crippen molar-refractivity contribution in [3.8, 4) is 0 Å². The van der Waals surface area contributed by atoms with E-state index in [0.29, 0.717) is 6.42 Å². The van der Waals surface area contributed by atoms with Gasteiger partial charge >= 0.3 is 5.97 Å². The summed E-state index contributed by atoms with van der Waals surface area (Å²) in [5.74, 6) is -1.64. The molecule has 11 heavy (non-hydrogen) atoms. The van der Waals surface area contributed by atoms with Crippen LogP contribution in [0.25, 0.3) is 0 Å². The van der Waals surface area contributed by atoms with E-state index in [1.165, 1.54) is 6.08 Å². The van der Waals surface area contributed by atoms with Gasteiger partial charge in [0.2, 0.25) is 5.83 Å². The molecule has 0 aliphatic rings. The van der Waals surface area contributed by atoms with Crippen LogP contribution in [0, 0.1) is 0 Å². The molecule has 3 heteroatoms. The number of halogens is 1. The van der Waals surface area contributed by atoms with Gasteiger partial charge in [0.15, 0.2) is 0 Å². The summed E-state index contributed by atoms with van der Waals surface area (Å²) in [6.45, 7) is 3.77. The first-order valence-electron chi connectivity index (χ1n) is 3.75. The highest BCUT2D eigenvalue weighted by atomic mass is 19.1. The van der Waals surface area contributed by atoms with E-state index in [1.54, 1.807) is 6.92 Å². The Hall–Kier alpha value is -0.860. The maximum atomic E-state index is 12.6. The normalized spacial score (nSPS) is 11.4. The number of esters is 1. The highest BCUT2D eigenvalue weighted by Crippen LogP contribution is 2.02. The standard InChI is InChI=1S/C8H13FO2/c1-3-5-6-7(9)8(10)11-4-2/h6H,3-5H2,1-2H3. The maximum Gasteiger partial charge on any atom is 0.366 e. The molecule has 0 aliphatic carbocycles. The Morgan fingerprint density at radius 3 is 2.64 bits per heavy atom. The summed E-state index contributed by atoms with van der Waals surface area (Å²) in [6, 6.07) is 0. The van der Waals surface area contributed by atoms with Crippen molar-refractivity contribution in [3.05, 3.63) is 11.9 Å². The van der Waals surface area contributed by atoms with Crippen molar-refractivity contribution >= 4 is 5.97 Å². The molecule has 0 amide bonds. The predicted octanol–water partition coefficient (Wildman–Crippen LogP) is 2.20. The van der Waals surface area contributed by atoms with Gasteiger partial charge in [-0.25, -0.2) is 4.79 Å². The third kappa shape index (κ3) is 4.53. The number of carbonyl (C=O) groups is 1. The van der Waals surface area contributed by atoms with E-state index in [2.05, 4.69) is 4.74 Å². The molecular weight excluding hydrogens is 147 g/mol. The predicted molar refractivity (Wildman–Crippen MR) is 40.7 cm³/mol. The molecule has 0 aromatic heterocycles. The van der Waals surface area contributed by atoms with E-state index in [4.69, 9.17) is 0 Å². The summed E-state index contributed by atoms with van der Waals surface area (Å²) in [5.41, 5.74) is 0. The molecular formula is C8H13FO2. The average Bonchev–Trinajstić information content (AvgIpc) is 2.00. The highest BCUT2D eigenvalue weighted by Gasteiger charge is 2.07. The Labute approximate surface area is 66.0 Å². The SMILES string of the molecule is CCCC=C(F)C(=O)OCC. The lowest BCUT2D eigenvalue weighted by atomic mass is 10.3. The fraction of sp³-hybridized carbons (Fsp3) is 0.625. The molecule has 0 unspecified atom stereocenters. The van der Waals surface area contributed by atoms with Crippen LogP contribution in [0.4, 0.5) is 4.39 Å². The average molecular weight is 160 g/mol. The van der Waals surface area contributed by atoms with E-state index in [1.807, 2.05) is 6.92 Å². The third-order valence-electron chi connectivity index (χ3n) is 1.08. The van der Waals surface area contributed by atoms with Crippen LogP contribution in [0.5, 0.6) is 0 Å². The molecule has 0 spiro atoms. The molecule has 0 fully saturated rings. The quantitative estimate of drug-likeness (QED) is 0.465. The third-order valence-corrected chi connectivity index (χ3v) is 1.08. The number of unbranched alkanes of at least 4 members (excludes halogenated alkanes) is 1. The first-order chi connectivity index (χ1) is 5.22. The lowest BCUT2D eigenvalue weighted by Crippen LogP contribution is -2.03. The number of hydrogen-bond donors (Lipinski definition) is 0. The first kappa shape index (κ1) is 10.1. The Balaban J connectivity index is 3.80. The lowest BCUT2D eigenvalue weighted by Gasteiger charge is -1.96. The zero-order valence-electron chi connectivity index (χ0n) is 6.89. The summed E-state index contributed by atoms with van der Waals surface area (Å²) >= 11 is 0. The van der Waals surface area contributed by atoms with Crippen molar-refractivity contribution in [2.45, 2.75) is 26.7 Å². The van der Waals surface area contributed by atoms with Gasteiger partial charge in [0, 0.05) is 0 Å². The summed E-state index contributed by atoms with van der Waals surface area (Å²) < 4.78 is 17.0. The van der Waals surface area contributed by atoms with Crippen molar-refractivity contribution in [3.63, 3.8) is 0 Å². The monoisotopic (exact) mass is 160 g/mol. The summed E-state index contributed by atoms with van der Waals surface area (Å²) in [7, 11) is 0. The second-order valence-electron chi connectivity index (χ2n) is 2.06. The Morgan fingerprint density at radius 1 is 1.55 bits per heavy atom. The van der Waals surface area contributed by atoms with E-state index in [9.17, 15) is 9.18 Å². The molecule has 0 heterocycles. The van der Waals surface area contributed by atoms with Gasteiger partial charge in [-0.2, -0.15) is 4.39 Å². The van der Waals surface area contributed by atoms with Crippen molar-refractivity contribution in [1.82, 2.24) is 0 Å². The fourth-order valence-electron chi connectivity index (χ4n) is 0.554. The topological polar surface area (TPSA) is 26.3 Å². The zero-order valence-corrected chi connectivity index (χ0v) is 6.89. The fourth-order valence-corrected chi connectivity index (χ4v) is 0.554. The molecule has 0 rings (SSSR count). The number of allylic oxidation sites excluding steroid dienone is 1. The van der Waals surface area contributed by atoms with Gasteiger partial charge in [-0.05, 0) is 19.4 Å². The van der Waals surface area contributed by atoms with Gasteiger partial charge in [-0.1, -0.05) is 13.3 Å². The molecule has 0 bridgehead atoms. The van der Waals surface area contributed by atoms with Crippen LogP contribution in [0.1, 0.15) is 26.7 Å². The second-order valence-corrected chi connectivity index (χ2v) is 2.06. The van der Waals surface area contributed by atoms with Gasteiger partial charge in [0.25, 0.3) is 0 Å². The zero-order chi connectivity index (χ0) is 8.69. The van der Waals surface area contributed by atoms with Crippen LogP contribution in [0.2, 0.25) is 0 Å². The van der Waals surface area contributed by atoms with E-state index in [-0.39, 0.29) is 6.61 Å². The molecule has 0 saturated heterocycles. The number of carbonyl (C=O) groups excluding carboxylic acids is 1. The van der Waals surface area contributed by atoms with Gasteiger partial charge in [0.1, 0.15) is 0 Å². The minimum Gasteiger partial charge on any atom is -0.461 e. The summed E-state index contributed by atoms with van der Waals surface area (Å²) in [4.78, 5) is 10.6. The molecule has 2 nitrogen and oxygen atoms in total. The Morgan fingerprint density at radius 2 is 2.18 bits per heavy atom. The number of rotatable bonds is 4. The smallest absolute Gasteiger partial charge is 0.366 e. The van der Waals surface area contributed by atoms with Crippen LogP contribution in [-0.4, -0.2) is 12.6 Å². The van der Waals surface area contributed by atoms with E-state index < -0.39 is 11.8 Å². The van der Waals surface area contributed by atoms with Crippen molar-refractivity contribution in [2.24, 2.45) is 0 Å².